The fraction of sp³-hybridized carbons (Fsp3) is 0. The summed E-state index contributed by atoms with van der Waals surface area (Å²) >= 11 is 0.962. The average Bonchev–Trinajstić information content (AvgIpc) is 2.58. The molecular weight excluding hydrogens is 238 g/mol. The molecule has 15 heavy (non-hydrogen) atoms. The lowest BCUT2D eigenvalue weighted by Crippen LogP contribution is -1.98. The Morgan fingerprint density at radius 1 is 1.47 bits per heavy atom. The molecular formula is C7H3N3O3S2. The predicted molar refractivity (Wildman–Crippen MR) is 52.3 cm³/mol. The zero-order valence-electron chi connectivity index (χ0n) is 7.11. The molecule has 6 nitrogen and oxygen atoms in total. The normalized spacial score (nSPS) is 11.5. The first-order chi connectivity index (χ1) is 7.04. The summed E-state index contributed by atoms with van der Waals surface area (Å²) in [5.41, 5.74) is 0. The van der Waals surface area contributed by atoms with E-state index in [1.54, 1.807) is 6.07 Å². The molecule has 0 unspecified atom stereocenters. The topological polar surface area (TPSA) is 98.2 Å². The third-order valence-electron chi connectivity index (χ3n) is 1.81. The standard InChI is InChI=1S/C7H3N3O3S2/c8-9-7-6-4(14-10-7)2-1-3-5(6)15(11,12)13/h1-3H. The van der Waals surface area contributed by atoms with E-state index in [4.69, 9.17) is 5.39 Å². The fourth-order valence-corrected chi connectivity index (χ4v) is 2.73. The summed E-state index contributed by atoms with van der Waals surface area (Å²) < 4.78 is 36.9. The van der Waals surface area contributed by atoms with Crippen molar-refractivity contribution in [2.75, 3.05) is 0 Å². The summed E-state index contributed by atoms with van der Waals surface area (Å²) in [6, 6.07) is 4.19. The van der Waals surface area contributed by atoms with Crippen molar-refractivity contribution in [3.63, 3.8) is 0 Å². The first kappa shape index (κ1) is 9.97. The van der Waals surface area contributed by atoms with Crippen LogP contribution in [0.3, 0.4) is 0 Å². The van der Waals surface area contributed by atoms with Crippen LogP contribution >= 0.6 is 11.5 Å². The van der Waals surface area contributed by atoms with E-state index in [1.165, 1.54) is 6.07 Å². The molecule has 0 saturated heterocycles. The highest BCUT2D eigenvalue weighted by molar-refractivity contribution is 7.86. The highest BCUT2D eigenvalue weighted by Crippen LogP contribution is 2.33. The minimum atomic E-state index is -4.59. The lowest BCUT2D eigenvalue weighted by atomic mass is 10.3. The second kappa shape index (κ2) is 3.23. The van der Waals surface area contributed by atoms with Crippen molar-refractivity contribution in [1.82, 2.24) is 4.37 Å². The number of fused-ring (bicyclic) bond motifs is 1. The van der Waals surface area contributed by atoms with Gasteiger partial charge in [-0.3, -0.25) is 0 Å². The second-order valence-corrected chi connectivity index (χ2v) is 4.84. The molecule has 2 rings (SSSR count). The van der Waals surface area contributed by atoms with Gasteiger partial charge in [0.05, 0.1) is 26.5 Å². The van der Waals surface area contributed by atoms with E-state index in [0.29, 0.717) is 4.70 Å². The molecule has 1 aromatic carbocycles. The summed E-state index contributed by atoms with van der Waals surface area (Å²) in [7, 11) is -4.59. The Balaban J connectivity index is 2.99. The molecule has 0 bridgehead atoms. The first-order valence-electron chi connectivity index (χ1n) is 3.73. The molecule has 0 atom stereocenters. The largest absolute Gasteiger partial charge is 0.744 e. The molecule has 0 aliphatic carbocycles. The Morgan fingerprint density at radius 2 is 2.20 bits per heavy atom. The molecule has 0 fully saturated rings. The van der Waals surface area contributed by atoms with Crippen molar-refractivity contribution in [1.29, 1.82) is 5.39 Å². The van der Waals surface area contributed by atoms with Gasteiger partial charge < -0.3 is 4.55 Å². The number of rotatable bonds is 1. The predicted octanol–water partition coefficient (Wildman–Crippen LogP) is 1.68. The van der Waals surface area contributed by atoms with Gasteiger partial charge in [0.15, 0.2) is 0 Å². The van der Waals surface area contributed by atoms with Gasteiger partial charge in [-0.25, -0.2) is 8.42 Å². The second-order valence-electron chi connectivity index (χ2n) is 2.69. The van der Waals surface area contributed by atoms with Crippen LogP contribution in [-0.4, -0.2) is 17.3 Å². The number of hydrogen-bond acceptors (Lipinski definition) is 6. The SMILES string of the molecule is N#[N+]c1nsc2cccc(S(=O)(=O)[O-])c12. The van der Waals surface area contributed by atoms with Gasteiger partial charge in [-0.1, -0.05) is 6.07 Å². The van der Waals surface area contributed by atoms with E-state index in [-0.39, 0.29) is 11.2 Å². The van der Waals surface area contributed by atoms with Crippen molar-refractivity contribution >= 4 is 37.6 Å². The van der Waals surface area contributed by atoms with E-state index < -0.39 is 15.0 Å². The average molecular weight is 241 g/mol. The summed E-state index contributed by atoms with van der Waals surface area (Å²) in [4.78, 5) is 2.41. The fourth-order valence-electron chi connectivity index (χ4n) is 1.22. The van der Waals surface area contributed by atoms with Gasteiger partial charge in [-0.05, 0) is 12.1 Å². The van der Waals surface area contributed by atoms with Crippen LogP contribution in [0.4, 0.5) is 5.82 Å². The zero-order valence-corrected chi connectivity index (χ0v) is 8.75. The lowest BCUT2D eigenvalue weighted by Gasteiger charge is -2.05. The highest BCUT2D eigenvalue weighted by atomic mass is 32.2. The molecule has 0 aliphatic rings. The molecule has 1 aromatic heterocycles. The maximum absolute atomic E-state index is 10.9. The minimum absolute atomic E-state index is 0.0694. The molecule has 2 aromatic rings. The Labute approximate surface area is 88.7 Å². The Kier molecular flexibility index (Phi) is 2.15. The molecule has 8 heteroatoms. The van der Waals surface area contributed by atoms with Crippen molar-refractivity contribution < 1.29 is 13.0 Å². The number of nitrogens with zero attached hydrogens (tertiary/aromatic N) is 3. The number of diazo groups is 1. The van der Waals surface area contributed by atoms with E-state index >= 15 is 0 Å². The maximum atomic E-state index is 10.9. The minimum Gasteiger partial charge on any atom is -0.744 e. The number of hydrogen-bond donors (Lipinski definition) is 0. The summed E-state index contributed by atoms with van der Waals surface area (Å²) in [6.45, 7) is 0. The summed E-state index contributed by atoms with van der Waals surface area (Å²) in [5, 5.41) is 8.66. The van der Waals surface area contributed by atoms with Crippen LogP contribution in [0.5, 0.6) is 0 Å². The Hall–Kier alpha value is -1.56. The van der Waals surface area contributed by atoms with Gasteiger partial charge in [0.2, 0.25) is 0 Å². The molecule has 76 valence electrons. The van der Waals surface area contributed by atoms with Gasteiger partial charge in [-0.15, -0.1) is 0 Å². The molecule has 0 saturated carbocycles. The number of benzene rings is 1. The molecule has 0 spiro atoms. The van der Waals surface area contributed by atoms with Gasteiger partial charge in [0.1, 0.15) is 15.5 Å². The van der Waals surface area contributed by atoms with Crippen LogP contribution in [0.1, 0.15) is 0 Å². The van der Waals surface area contributed by atoms with Crippen molar-refractivity contribution in [3.8, 4) is 0 Å². The zero-order chi connectivity index (χ0) is 11.1. The van der Waals surface area contributed by atoms with Crippen LogP contribution in [0.2, 0.25) is 0 Å². The van der Waals surface area contributed by atoms with Crippen LogP contribution in [0, 0.1) is 5.39 Å². The van der Waals surface area contributed by atoms with E-state index in [2.05, 4.69) is 9.35 Å². The van der Waals surface area contributed by atoms with Crippen LogP contribution in [0.25, 0.3) is 15.1 Å². The Morgan fingerprint density at radius 3 is 2.80 bits per heavy atom. The maximum Gasteiger partial charge on any atom is 0.487 e. The Bertz CT molecular complexity index is 668. The highest BCUT2D eigenvalue weighted by Gasteiger charge is 2.23. The van der Waals surface area contributed by atoms with Crippen molar-refractivity contribution in [2.45, 2.75) is 4.90 Å². The van der Waals surface area contributed by atoms with E-state index in [1.807, 2.05) is 0 Å². The smallest absolute Gasteiger partial charge is 0.487 e. The quantitative estimate of drug-likeness (QED) is 0.558. The third-order valence-corrected chi connectivity index (χ3v) is 3.49. The van der Waals surface area contributed by atoms with Gasteiger partial charge >= 0.3 is 5.82 Å². The molecule has 0 N–H and O–H groups in total. The van der Waals surface area contributed by atoms with Crippen LogP contribution in [0.15, 0.2) is 23.1 Å². The van der Waals surface area contributed by atoms with Crippen LogP contribution < -0.4 is 0 Å². The van der Waals surface area contributed by atoms with Crippen LogP contribution in [-0.2, 0) is 10.1 Å². The van der Waals surface area contributed by atoms with Gasteiger partial charge in [0, 0.05) is 9.35 Å². The summed E-state index contributed by atoms with van der Waals surface area (Å²) in [6.07, 6.45) is 0. The first-order valence-corrected chi connectivity index (χ1v) is 5.91. The molecule has 0 amide bonds. The van der Waals surface area contributed by atoms with E-state index in [0.717, 1.165) is 17.6 Å². The monoisotopic (exact) mass is 241 g/mol. The summed E-state index contributed by atoms with van der Waals surface area (Å²) in [5.74, 6) is -0.148. The van der Waals surface area contributed by atoms with Gasteiger partial charge in [-0.2, -0.15) is 0 Å². The van der Waals surface area contributed by atoms with Gasteiger partial charge in [0.25, 0.3) is 0 Å². The molecule has 0 aliphatic heterocycles. The van der Waals surface area contributed by atoms with Crippen molar-refractivity contribution in [2.24, 2.45) is 0 Å². The third kappa shape index (κ3) is 1.56. The lowest BCUT2D eigenvalue weighted by molar-refractivity contribution is 0.464. The van der Waals surface area contributed by atoms with E-state index in [9.17, 15) is 13.0 Å². The van der Waals surface area contributed by atoms with Crippen molar-refractivity contribution in [3.05, 3.63) is 23.2 Å². The number of aromatic nitrogens is 1. The molecule has 1 heterocycles. The molecule has 0 radical (unpaired) electrons.